The van der Waals surface area contributed by atoms with Gasteiger partial charge in [0.25, 0.3) is 0 Å². The number of amides is 2. The van der Waals surface area contributed by atoms with E-state index in [1.807, 2.05) is 11.4 Å². The Balaban J connectivity index is 1.61. The quantitative estimate of drug-likeness (QED) is 0.856. The summed E-state index contributed by atoms with van der Waals surface area (Å²) in [5.74, 6) is -0.0214. The van der Waals surface area contributed by atoms with Crippen molar-refractivity contribution in [3.63, 3.8) is 0 Å². The molecule has 5 heteroatoms. The molecular weight excluding hydrogens is 260 g/mol. The molecule has 1 N–H and O–H groups in total. The Labute approximate surface area is 116 Å². The van der Waals surface area contributed by atoms with Gasteiger partial charge >= 0.3 is 0 Å². The van der Waals surface area contributed by atoms with Crippen LogP contribution in [0.2, 0.25) is 0 Å². The average molecular weight is 278 g/mol. The fourth-order valence-corrected chi connectivity index (χ4v) is 3.66. The summed E-state index contributed by atoms with van der Waals surface area (Å²) in [6.45, 7) is 0.658. The largest absolute Gasteiger partial charge is 0.301 e. The fourth-order valence-electron chi connectivity index (χ4n) is 2.99. The summed E-state index contributed by atoms with van der Waals surface area (Å²) in [5.41, 5.74) is 1.17. The summed E-state index contributed by atoms with van der Waals surface area (Å²) in [7, 11) is 0. The first-order chi connectivity index (χ1) is 9.25. The molecule has 3 rings (SSSR count). The Morgan fingerprint density at radius 1 is 1.32 bits per heavy atom. The van der Waals surface area contributed by atoms with E-state index in [0.29, 0.717) is 13.0 Å². The first kappa shape index (κ1) is 12.8. The third-order valence-corrected chi connectivity index (χ3v) is 4.74. The van der Waals surface area contributed by atoms with Crippen molar-refractivity contribution in [2.24, 2.45) is 0 Å². The zero-order chi connectivity index (χ0) is 13.2. The number of hydrogen-bond donors (Lipinski definition) is 1. The van der Waals surface area contributed by atoms with E-state index in [9.17, 15) is 9.59 Å². The molecule has 1 saturated heterocycles. The lowest BCUT2D eigenvalue weighted by Crippen LogP contribution is -2.42. The lowest BCUT2D eigenvalue weighted by atomic mass is 10.2. The molecule has 1 unspecified atom stereocenters. The van der Waals surface area contributed by atoms with E-state index >= 15 is 0 Å². The summed E-state index contributed by atoms with van der Waals surface area (Å²) >= 11 is 1.64. The van der Waals surface area contributed by atoms with Gasteiger partial charge in [0.2, 0.25) is 11.8 Å². The van der Waals surface area contributed by atoms with E-state index in [0.717, 1.165) is 25.7 Å². The molecule has 4 nitrogen and oxygen atoms in total. The van der Waals surface area contributed by atoms with Gasteiger partial charge in [-0.05, 0) is 35.2 Å². The number of carbonyl (C=O) groups excluding carboxylic acids is 2. The van der Waals surface area contributed by atoms with Crippen LogP contribution in [0.5, 0.6) is 0 Å². The lowest BCUT2D eigenvalue weighted by molar-refractivity contribution is -0.141. The van der Waals surface area contributed by atoms with Crippen molar-refractivity contribution in [1.82, 2.24) is 10.2 Å². The van der Waals surface area contributed by atoms with E-state index in [4.69, 9.17) is 0 Å². The minimum atomic E-state index is -0.326. The first-order valence-electron chi connectivity index (χ1n) is 6.86. The van der Waals surface area contributed by atoms with Crippen LogP contribution in [0.1, 0.15) is 37.7 Å². The molecule has 2 heterocycles. The Morgan fingerprint density at radius 2 is 2.11 bits per heavy atom. The molecule has 0 radical (unpaired) electrons. The first-order valence-corrected chi connectivity index (χ1v) is 7.80. The third kappa shape index (κ3) is 2.58. The van der Waals surface area contributed by atoms with Crippen molar-refractivity contribution >= 4 is 23.2 Å². The topological polar surface area (TPSA) is 49.4 Å². The number of thiophene rings is 1. The Morgan fingerprint density at radius 3 is 2.79 bits per heavy atom. The monoisotopic (exact) mass is 278 g/mol. The summed E-state index contributed by atoms with van der Waals surface area (Å²) in [4.78, 5) is 25.8. The van der Waals surface area contributed by atoms with Crippen molar-refractivity contribution < 1.29 is 9.59 Å². The molecule has 0 aromatic carbocycles. The summed E-state index contributed by atoms with van der Waals surface area (Å²) in [6.07, 6.45) is 4.55. The van der Waals surface area contributed by atoms with Crippen LogP contribution < -0.4 is 5.32 Å². The van der Waals surface area contributed by atoms with Gasteiger partial charge in [-0.2, -0.15) is 11.3 Å². The van der Waals surface area contributed by atoms with E-state index in [1.165, 1.54) is 10.5 Å². The van der Waals surface area contributed by atoms with Crippen LogP contribution in [0.3, 0.4) is 0 Å². The second-order valence-electron chi connectivity index (χ2n) is 5.31. The number of rotatable bonds is 4. The Bertz CT molecular complexity index is 466. The summed E-state index contributed by atoms with van der Waals surface area (Å²) in [5, 5.41) is 7.29. The number of likely N-dealkylation sites (tertiary alicyclic amines) is 1. The minimum Gasteiger partial charge on any atom is -0.301 e. The van der Waals surface area contributed by atoms with Gasteiger partial charge in [0.15, 0.2) is 0 Å². The molecule has 2 fully saturated rings. The average Bonchev–Trinajstić information content (AvgIpc) is 3.09. The van der Waals surface area contributed by atoms with Gasteiger partial charge < -0.3 is 5.32 Å². The van der Waals surface area contributed by atoms with Crippen LogP contribution in [0, 0.1) is 0 Å². The molecule has 1 aliphatic heterocycles. The van der Waals surface area contributed by atoms with Crippen LogP contribution in [0.15, 0.2) is 16.8 Å². The van der Waals surface area contributed by atoms with Gasteiger partial charge in [-0.3, -0.25) is 14.5 Å². The normalized spacial score (nSPS) is 24.6. The highest BCUT2D eigenvalue weighted by atomic mass is 32.1. The van der Waals surface area contributed by atoms with Gasteiger partial charge in [-0.15, -0.1) is 0 Å². The third-order valence-electron chi connectivity index (χ3n) is 4.01. The molecule has 1 aromatic rings. The number of hydrogen-bond acceptors (Lipinski definition) is 4. The van der Waals surface area contributed by atoms with Gasteiger partial charge in [0, 0.05) is 12.6 Å². The van der Waals surface area contributed by atoms with E-state index < -0.39 is 0 Å². The van der Waals surface area contributed by atoms with Gasteiger partial charge in [0.1, 0.15) is 0 Å². The van der Waals surface area contributed by atoms with Crippen LogP contribution >= 0.6 is 11.3 Å². The SMILES string of the molecule is O=C1CC(NCc2ccsc2)C(=O)N1C1CCCC1. The number of carbonyl (C=O) groups is 2. The standard InChI is InChI=1S/C14H18N2O2S/c17-13-7-12(15-8-10-5-6-19-9-10)14(18)16(13)11-3-1-2-4-11/h5-6,9,11-12,15H,1-4,7-8H2. The molecule has 102 valence electrons. The molecule has 2 aliphatic rings. The van der Waals surface area contributed by atoms with Crippen molar-refractivity contribution in [3.8, 4) is 0 Å². The molecule has 0 bridgehead atoms. The summed E-state index contributed by atoms with van der Waals surface area (Å²) < 4.78 is 0. The highest BCUT2D eigenvalue weighted by Gasteiger charge is 2.42. The second kappa shape index (κ2) is 5.43. The molecule has 0 spiro atoms. The van der Waals surface area contributed by atoms with Crippen molar-refractivity contribution in [2.45, 2.75) is 50.7 Å². The molecule has 1 saturated carbocycles. The fraction of sp³-hybridized carbons (Fsp3) is 0.571. The van der Waals surface area contributed by atoms with Crippen LogP contribution in [-0.4, -0.2) is 28.8 Å². The zero-order valence-corrected chi connectivity index (χ0v) is 11.6. The maximum atomic E-state index is 12.3. The lowest BCUT2D eigenvalue weighted by Gasteiger charge is -2.22. The predicted octanol–water partition coefficient (Wildman–Crippen LogP) is 1.91. The van der Waals surface area contributed by atoms with Gasteiger partial charge in [-0.1, -0.05) is 12.8 Å². The molecule has 2 amide bonds. The van der Waals surface area contributed by atoms with Crippen LogP contribution in [0.25, 0.3) is 0 Å². The Hall–Kier alpha value is -1.20. The zero-order valence-electron chi connectivity index (χ0n) is 10.8. The van der Waals surface area contributed by atoms with E-state index in [2.05, 4.69) is 10.7 Å². The highest BCUT2D eigenvalue weighted by Crippen LogP contribution is 2.28. The summed E-state index contributed by atoms with van der Waals surface area (Å²) in [6, 6.07) is 1.87. The number of nitrogens with zero attached hydrogens (tertiary/aromatic N) is 1. The molecule has 1 aliphatic carbocycles. The Kier molecular flexibility index (Phi) is 3.66. The van der Waals surface area contributed by atoms with Crippen molar-refractivity contribution in [3.05, 3.63) is 22.4 Å². The maximum absolute atomic E-state index is 12.3. The molecular formula is C14H18N2O2S. The van der Waals surface area contributed by atoms with Crippen LogP contribution in [-0.2, 0) is 16.1 Å². The predicted molar refractivity (Wildman–Crippen MR) is 73.7 cm³/mol. The molecule has 1 aromatic heterocycles. The van der Waals surface area contributed by atoms with Gasteiger partial charge in [-0.25, -0.2) is 0 Å². The van der Waals surface area contributed by atoms with Crippen LogP contribution in [0.4, 0.5) is 0 Å². The highest BCUT2D eigenvalue weighted by molar-refractivity contribution is 7.07. The van der Waals surface area contributed by atoms with E-state index in [-0.39, 0.29) is 23.9 Å². The molecule has 1 atom stereocenters. The van der Waals surface area contributed by atoms with E-state index in [1.54, 1.807) is 11.3 Å². The second-order valence-corrected chi connectivity index (χ2v) is 6.09. The number of imide groups is 1. The van der Waals surface area contributed by atoms with Crippen molar-refractivity contribution in [2.75, 3.05) is 0 Å². The van der Waals surface area contributed by atoms with Crippen molar-refractivity contribution in [1.29, 1.82) is 0 Å². The smallest absolute Gasteiger partial charge is 0.247 e. The molecule has 19 heavy (non-hydrogen) atoms. The minimum absolute atomic E-state index is 0.000261. The number of nitrogens with one attached hydrogen (secondary N) is 1. The maximum Gasteiger partial charge on any atom is 0.247 e. The van der Waals surface area contributed by atoms with Gasteiger partial charge in [0.05, 0.1) is 12.5 Å².